The Hall–Kier alpha value is -3.40. The molecule has 0 bridgehead atoms. The lowest BCUT2D eigenvalue weighted by Crippen LogP contribution is -2.30. The number of sulfonamides is 1. The van der Waals surface area contributed by atoms with Crippen molar-refractivity contribution < 1.29 is 30.8 Å². The monoisotopic (exact) mass is 480 g/mol. The van der Waals surface area contributed by atoms with Gasteiger partial charge in [0.25, 0.3) is 5.91 Å². The van der Waals surface area contributed by atoms with Gasteiger partial charge in [0.05, 0.1) is 24.1 Å². The molecule has 0 aliphatic heterocycles. The zero-order chi connectivity index (χ0) is 24.2. The molecule has 3 aromatic carbocycles. The standard InChI is InChI=1S/C23H20F4N2O3S/c1-33(31,32)29(15-18-6-2-3-8-21(18)24)20-11-9-17(10-12-20)22(30)28-14-16-5-4-7-19(13-16)23(25,26)27/h2-13H,14-15H2,1H3,(H,28,30). The van der Waals surface area contributed by atoms with Gasteiger partial charge in [-0.3, -0.25) is 9.10 Å². The Bertz CT molecular complexity index is 1240. The van der Waals surface area contributed by atoms with Gasteiger partial charge in [0, 0.05) is 17.7 Å². The van der Waals surface area contributed by atoms with E-state index >= 15 is 0 Å². The summed E-state index contributed by atoms with van der Waals surface area (Å²) in [5.41, 5.74) is 0.0725. The van der Waals surface area contributed by atoms with E-state index in [-0.39, 0.29) is 35.5 Å². The van der Waals surface area contributed by atoms with Crippen LogP contribution in [0.5, 0.6) is 0 Å². The molecule has 3 rings (SSSR count). The molecule has 10 heteroatoms. The average Bonchev–Trinajstić information content (AvgIpc) is 2.76. The van der Waals surface area contributed by atoms with Crippen LogP contribution in [0, 0.1) is 5.82 Å². The molecule has 0 heterocycles. The van der Waals surface area contributed by atoms with E-state index in [1.165, 1.54) is 54.6 Å². The lowest BCUT2D eigenvalue weighted by molar-refractivity contribution is -0.137. The van der Waals surface area contributed by atoms with Crippen LogP contribution in [0.1, 0.15) is 27.0 Å². The molecule has 1 amide bonds. The SMILES string of the molecule is CS(=O)(=O)N(Cc1ccccc1F)c1ccc(C(=O)NCc2cccc(C(F)(F)F)c2)cc1. The Kier molecular flexibility index (Phi) is 7.06. The van der Waals surface area contributed by atoms with E-state index in [9.17, 15) is 30.8 Å². The first-order valence-electron chi connectivity index (χ1n) is 9.70. The first-order valence-corrected chi connectivity index (χ1v) is 11.6. The third kappa shape index (κ3) is 6.32. The molecule has 0 radical (unpaired) electrons. The normalized spacial score (nSPS) is 11.8. The van der Waals surface area contributed by atoms with Crippen LogP contribution >= 0.6 is 0 Å². The summed E-state index contributed by atoms with van der Waals surface area (Å²) >= 11 is 0. The highest BCUT2D eigenvalue weighted by Crippen LogP contribution is 2.29. The Morgan fingerprint density at radius 1 is 0.970 bits per heavy atom. The van der Waals surface area contributed by atoms with Crippen molar-refractivity contribution in [2.75, 3.05) is 10.6 Å². The Balaban J connectivity index is 1.73. The molecule has 0 saturated heterocycles. The van der Waals surface area contributed by atoms with Gasteiger partial charge in [-0.25, -0.2) is 12.8 Å². The quantitative estimate of drug-likeness (QED) is 0.497. The van der Waals surface area contributed by atoms with E-state index in [0.29, 0.717) is 0 Å². The van der Waals surface area contributed by atoms with E-state index in [0.717, 1.165) is 22.7 Å². The van der Waals surface area contributed by atoms with Crippen molar-refractivity contribution >= 4 is 21.6 Å². The highest BCUT2D eigenvalue weighted by atomic mass is 32.2. The van der Waals surface area contributed by atoms with E-state index in [1.807, 2.05) is 0 Å². The van der Waals surface area contributed by atoms with Gasteiger partial charge in [-0.1, -0.05) is 30.3 Å². The van der Waals surface area contributed by atoms with Crippen molar-refractivity contribution in [3.8, 4) is 0 Å². The minimum absolute atomic E-state index is 0.118. The van der Waals surface area contributed by atoms with Gasteiger partial charge in [-0.2, -0.15) is 13.2 Å². The second-order valence-corrected chi connectivity index (χ2v) is 9.20. The van der Waals surface area contributed by atoms with Gasteiger partial charge in [-0.05, 0) is 48.0 Å². The first kappa shape index (κ1) is 24.2. The number of hydrogen-bond donors (Lipinski definition) is 1. The Morgan fingerprint density at radius 2 is 1.64 bits per heavy atom. The molecule has 0 aliphatic rings. The van der Waals surface area contributed by atoms with Gasteiger partial charge < -0.3 is 5.32 Å². The number of benzene rings is 3. The summed E-state index contributed by atoms with van der Waals surface area (Å²) in [5, 5.41) is 2.53. The molecular formula is C23H20F4N2O3S. The lowest BCUT2D eigenvalue weighted by Gasteiger charge is -2.23. The van der Waals surface area contributed by atoms with Crippen LogP contribution in [0.4, 0.5) is 23.2 Å². The predicted octanol–water partition coefficient (Wildman–Crippen LogP) is 4.74. The second kappa shape index (κ2) is 9.62. The largest absolute Gasteiger partial charge is 0.416 e. The second-order valence-electron chi connectivity index (χ2n) is 7.29. The molecule has 33 heavy (non-hydrogen) atoms. The van der Waals surface area contributed by atoms with Crippen molar-refractivity contribution in [1.29, 1.82) is 0 Å². The molecular weight excluding hydrogens is 460 g/mol. The minimum atomic E-state index is -4.48. The van der Waals surface area contributed by atoms with E-state index in [1.54, 1.807) is 6.07 Å². The fraction of sp³-hybridized carbons (Fsp3) is 0.174. The smallest absolute Gasteiger partial charge is 0.348 e. The molecule has 3 aromatic rings. The Morgan fingerprint density at radius 3 is 2.24 bits per heavy atom. The molecule has 0 spiro atoms. The molecule has 0 unspecified atom stereocenters. The highest BCUT2D eigenvalue weighted by Gasteiger charge is 2.30. The van der Waals surface area contributed by atoms with Gasteiger partial charge in [0.2, 0.25) is 10.0 Å². The first-order chi connectivity index (χ1) is 15.4. The summed E-state index contributed by atoms with van der Waals surface area (Å²) in [5.74, 6) is -1.09. The van der Waals surface area contributed by atoms with Crippen molar-refractivity contribution in [1.82, 2.24) is 5.32 Å². The molecule has 0 saturated carbocycles. The van der Waals surface area contributed by atoms with Crippen LogP contribution in [0.15, 0.2) is 72.8 Å². The number of hydrogen-bond acceptors (Lipinski definition) is 3. The minimum Gasteiger partial charge on any atom is -0.348 e. The van der Waals surface area contributed by atoms with Crippen molar-refractivity contribution in [3.05, 3.63) is 101 Å². The number of nitrogens with one attached hydrogen (secondary N) is 1. The fourth-order valence-electron chi connectivity index (χ4n) is 3.10. The molecule has 174 valence electrons. The zero-order valence-electron chi connectivity index (χ0n) is 17.4. The molecule has 1 N–H and O–H groups in total. The van der Waals surface area contributed by atoms with Crippen LogP contribution in [-0.4, -0.2) is 20.6 Å². The number of anilines is 1. The molecule has 5 nitrogen and oxygen atoms in total. The summed E-state index contributed by atoms with van der Waals surface area (Å²) in [7, 11) is -3.75. The number of alkyl halides is 3. The van der Waals surface area contributed by atoms with Crippen LogP contribution in [-0.2, 0) is 29.3 Å². The van der Waals surface area contributed by atoms with Gasteiger partial charge in [0.1, 0.15) is 5.82 Å². The van der Waals surface area contributed by atoms with Crippen molar-refractivity contribution in [2.24, 2.45) is 0 Å². The lowest BCUT2D eigenvalue weighted by atomic mass is 10.1. The van der Waals surface area contributed by atoms with Crippen LogP contribution in [0.3, 0.4) is 0 Å². The summed E-state index contributed by atoms with van der Waals surface area (Å²) in [4.78, 5) is 12.4. The maximum Gasteiger partial charge on any atom is 0.416 e. The van der Waals surface area contributed by atoms with Gasteiger partial charge in [-0.15, -0.1) is 0 Å². The van der Waals surface area contributed by atoms with Gasteiger partial charge >= 0.3 is 6.18 Å². The summed E-state index contributed by atoms with van der Waals surface area (Å²) in [6.07, 6.45) is -3.49. The fourth-order valence-corrected chi connectivity index (χ4v) is 3.98. The zero-order valence-corrected chi connectivity index (χ0v) is 18.3. The van der Waals surface area contributed by atoms with Crippen LogP contribution in [0.2, 0.25) is 0 Å². The molecule has 0 aliphatic carbocycles. The number of amides is 1. The summed E-state index contributed by atoms with van der Waals surface area (Å²) < 4.78 is 78.0. The topological polar surface area (TPSA) is 66.5 Å². The number of rotatable bonds is 7. The third-order valence-corrected chi connectivity index (χ3v) is 5.94. The molecule has 0 fully saturated rings. The summed E-state index contributed by atoms with van der Waals surface area (Å²) in [6, 6.07) is 16.0. The van der Waals surface area contributed by atoms with E-state index < -0.39 is 33.5 Å². The van der Waals surface area contributed by atoms with Crippen LogP contribution < -0.4 is 9.62 Å². The molecule has 0 aromatic heterocycles. The highest BCUT2D eigenvalue weighted by molar-refractivity contribution is 7.92. The number of carbonyl (C=O) groups is 1. The van der Waals surface area contributed by atoms with E-state index in [2.05, 4.69) is 5.32 Å². The number of carbonyl (C=O) groups excluding carboxylic acids is 1. The number of halogens is 4. The van der Waals surface area contributed by atoms with Crippen LogP contribution in [0.25, 0.3) is 0 Å². The van der Waals surface area contributed by atoms with Crippen molar-refractivity contribution in [2.45, 2.75) is 19.3 Å². The predicted molar refractivity (Wildman–Crippen MR) is 116 cm³/mol. The Labute approximate surface area is 188 Å². The van der Waals surface area contributed by atoms with Crippen molar-refractivity contribution in [3.63, 3.8) is 0 Å². The average molecular weight is 480 g/mol. The van der Waals surface area contributed by atoms with E-state index in [4.69, 9.17) is 0 Å². The maximum absolute atomic E-state index is 14.0. The summed E-state index contributed by atoms with van der Waals surface area (Å²) in [6.45, 7) is -0.347. The molecule has 0 atom stereocenters. The third-order valence-electron chi connectivity index (χ3n) is 4.80. The maximum atomic E-state index is 14.0. The van der Waals surface area contributed by atoms with Gasteiger partial charge in [0.15, 0.2) is 0 Å². The number of nitrogens with zero attached hydrogens (tertiary/aromatic N) is 1.